The molecule has 0 amide bonds. The van der Waals surface area contributed by atoms with Crippen LogP contribution in [0.4, 0.5) is 5.82 Å². The number of benzene rings is 1. The van der Waals surface area contributed by atoms with Crippen molar-refractivity contribution in [3.8, 4) is 17.3 Å². The van der Waals surface area contributed by atoms with Gasteiger partial charge in [-0.3, -0.25) is 0 Å². The predicted molar refractivity (Wildman–Crippen MR) is 111 cm³/mol. The van der Waals surface area contributed by atoms with Crippen LogP contribution in [0.15, 0.2) is 36.5 Å². The number of rotatable bonds is 9. The molecule has 150 valence electrons. The number of nitrogens with one attached hydrogen (secondary N) is 1. The standard InChI is InChI=1S/C21H28N4O3/c1-14(2)22-20-8-9-25(24-20)21-13-19(28-15(3)4)17-7-6-16(12-18(17)23-21)27-11-10-26-5/h6-9,12-15H,10-11H2,1-5H3,(H,22,24). The lowest BCUT2D eigenvalue weighted by Crippen LogP contribution is -2.11. The average Bonchev–Trinajstić information content (AvgIpc) is 3.09. The molecule has 0 aliphatic rings. The van der Waals surface area contributed by atoms with Gasteiger partial charge >= 0.3 is 0 Å². The van der Waals surface area contributed by atoms with Gasteiger partial charge in [0, 0.05) is 42.9 Å². The number of hydrogen-bond acceptors (Lipinski definition) is 6. The summed E-state index contributed by atoms with van der Waals surface area (Å²) in [5.41, 5.74) is 0.789. The number of hydrogen-bond donors (Lipinski definition) is 1. The molecule has 0 aliphatic carbocycles. The molecule has 1 aromatic carbocycles. The highest BCUT2D eigenvalue weighted by Gasteiger charge is 2.12. The highest BCUT2D eigenvalue weighted by Crippen LogP contribution is 2.30. The summed E-state index contributed by atoms with van der Waals surface area (Å²) in [4.78, 5) is 4.78. The van der Waals surface area contributed by atoms with E-state index in [1.54, 1.807) is 11.8 Å². The van der Waals surface area contributed by atoms with Crippen molar-refractivity contribution in [1.29, 1.82) is 0 Å². The zero-order valence-corrected chi connectivity index (χ0v) is 17.1. The van der Waals surface area contributed by atoms with E-state index >= 15 is 0 Å². The Bertz CT molecular complexity index is 921. The third-order valence-corrected chi connectivity index (χ3v) is 3.91. The molecular formula is C21H28N4O3. The van der Waals surface area contributed by atoms with Gasteiger partial charge in [-0.2, -0.15) is 0 Å². The van der Waals surface area contributed by atoms with Gasteiger partial charge in [0.2, 0.25) is 0 Å². The quantitative estimate of drug-likeness (QED) is 0.561. The molecule has 0 fully saturated rings. The first-order valence-electron chi connectivity index (χ1n) is 9.52. The second-order valence-electron chi connectivity index (χ2n) is 7.11. The Morgan fingerprint density at radius 1 is 1.07 bits per heavy atom. The topological polar surface area (TPSA) is 70.4 Å². The van der Waals surface area contributed by atoms with E-state index in [9.17, 15) is 0 Å². The van der Waals surface area contributed by atoms with Gasteiger partial charge in [0.15, 0.2) is 5.82 Å². The Hall–Kier alpha value is -2.80. The summed E-state index contributed by atoms with van der Waals surface area (Å²) in [5, 5.41) is 8.80. The van der Waals surface area contributed by atoms with Crippen molar-refractivity contribution >= 4 is 16.7 Å². The fourth-order valence-corrected chi connectivity index (χ4v) is 2.79. The van der Waals surface area contributed by atoms with Crippen LogP contribution in [0.1, 0.15) is 27.7 Å². The van der Waals surface area contributed by atoms with Crippen molar-refractivity contribution in [2.75, 3.05) is 25.6 Å². The van der Waals surface area contributed by atoms with Crippen LogP contribution in [-0.4, -0.2) is 47.2 Å². The zero-order valence-electron chi connectivity index (χ0n) is 17.1. The molecular weight excluding hydrogens is 356 g/mol. The van der Waals surface area contributed by atoms with Gasteiger partial charge in [0.05, 0.1) is 18.2 Å². The number of anilines is 1. The third-order valence-electron chi connectivity index (χ3n) is 3.91. The zero-order chi connectivity index (χ0) is 20.1. The van der Waals surface area contributed by atoms with Crippen molar-refractivity contribution in [2.24, 2.45) is 0 Å². The van der Waals surface area contributed by atoms with E-state index in [0.717, 1.165) is 28.2 Å². The number of aromatic nitrogens is 3. The van der Waals surface area contributed by atoms with E-state index in [4.69, 9.17) is 19.2 Å². The fourth-order valence-electron chi connectivity index (χ4n) is 2.79. The number of ether oxygens (including phenoxy) is 3. The molecule has 2 heterocycles. The van der Waals surface area contributed by atoms with Crippen LogP contribution >= 0.6 is 0 Å². The molecule has 0 saturated carbocycles. The molecule has 7 heteroatoms. The first kappa shape index (κ1) is 19.9. The van der Waals surface area contributed by atoms with Crippen LogP contribution in [0.2, 0.25) is 0 Å². The molecule has 7 nitrogen and oxygen atoms in total. The highest BCUT2D eigenvalue weighted by atomic mass is 16.5. The SMILES string of the molecule is COCCOc1ccc2c(OC(C)C)cc(-n3ccc(NC(C)C)n3)nc2c1. The largest absolute Gasteiger partial charge is 0.491 e. The second kappa shape index (κ2) is 8.93. The van der Waals surface area contributed by atoms with Crippen molar-refractivity contribution < 1.29 is 14.2 Å². The molecule has 1 N–H and O–H groups in total. The predicted octanol–water partition coefficient (Wildman–Crippen LogP) is 4.05. The molecule has 0 bridgehead atoms. The van der Waals surface area contributed by atoms with Gasteiger partial charge in [-0.05, 0) is 39.8 Å². The maximum absolute atomic E-state index is 6.04. The third kappa shape index (κ3) is 4.92. The molecule has 3 aromatic rings. The maximum Gasteiger partial charge on any atom is 0.157 e. The fraction of sp³-hybridized carbons (Fsp3) is 0.429. The molecule has 0 aliphatic heterocycles. The summed E-state index contributed by atoms with van der Waals surface area (Å²) in [5.74, 6) is 3.01. The van der Waals surface area contributed by atoms with Gasteiger partial charge < -0.3 is 19.5 Å². The molecule has 0 spiro atoms. The summed E-state index contributed by atoms with van der Waals surface area (Å²) in [6.07, 6.45) is 1.93. The summed E-state index contributed by atoms with van der Waals surface area (Å²) in [7, 11) is 1.65. The van der Waals surface area contributed by atoms with Gasteiger partial charge in [-0.15, -0.1) is 5.10 Å². The van der Waals surface area contributed by atoms with Crippen LogP contribution in [0, 0.1) is 0 Å². The minimum absolute atomic E-state index is 0.0480. The van der Waals surface area contributed by atoms with Crippen molar-refractivity contribution in [3.05, 3.63) is 36.5 Å². The van der Waals surface area contributed by atoms with E-state index in [0.29, 0.717) is 25.1 Å². The average molecular weight is 384 g/mol. The monoisotopic (exact) mass is 384 g/mol. The van der Waals surface area contributed by atoms with Gasteiger partial charge in [0.25, 0.3) is 0 Å². The summed E-state index contributed by atoms with van der Waals surface area (Å²) in [6.45, 7) is 9.19. The van der Waals surface area contributed by atoms with E-state index in [-0.39, 0.29) is 6.10 Å². The van der Waals surface area contributed by atoms with E-state index in [1.165, 1.54) is 0 Å². The van der Waals surface area contributed by atoms with E-state index in [2.05, 4.69) is 24.3 Å². The lowest BCUT2D eigenvalue weighted by molar-refractivity contribution is 0.146. The Balaban J connectivity index is 2.00. The smallest absolute Gasteiger partial charge is 0.157 e. The van der Waals surface area contributed by atoms with Crippen LogP contribution in [0.3, 0.4) is 0 Å². The molecule has 0 atom stereocenters. The summed E-state index contributed by atoms with van der Waals surface area (Å²) < 4.78 is 18.6. The molecule has 2 aromatic heterocycles. The van der Waals surface area contributed by atoms with Crippen LogP contribution < -0.4 is 14.8 Å². The minimum Gasteiger partial charge on any atom is -0.491 e. The van der Waals surface area contributed by atoms with Crippen molar-refractivity contribution in [3.63, 3.8) is 0 Å². The molecule has 0 radical (unpaired) electrons. The molecule has 0 unspecified atom stereocenters. The van der Waals surface area contributed by atoms with Gasteiger partial charge in [0.1, 0.15) is 23.9 Å². The van der Waals surface area contributed by atoms with Gasteiger partial charge in [-0.1, -0.05) is 0 Å². The number of fused-ring (bicyclic) bond motifs is 1. The van der Waals surface area contributed by atoms with Crippen LogP contribution in [-0.2, 0) is 4.74 Å². The number of methoxy groups -OCH3 is 1. The minimum atomic E-state index is 0.0480. The van der Waals surface area contributed by atoms with Gasteiger partial charge in [-0.25, -0.2) is 9.67 Å². The van der Waals surface area contributed by atoms with Crippen LogP contribution in [0.25, 0.3) is 16.7 Å². The molecule has 0 saturated heterocycles. The second-order valence-corrected chi connectivity index (χ2v) is 7.11. The highest BCUT2D eigenvalue weighted by molar-refractivity contribution is 5.87. The van der Waals surface area contributed by atoms with E-state index in [1.807, 2.05) is 50.4 Å². The Labute approximate surface area is 165 Å². The lowest BCUT2D eigenvalue weighted by atomic mass is 10.2. The molecule has 3 rings (SSSR count). The first-order valence-corrected chi connectivity index (χ1v) is 9.52. The van der Waals surface area contributed by atoms with Crippen LogP contribution in [0.5, 0.6) is 11.5 Å². The van der Waals surface area contributed by atoms with E-state index < -0.39 is 0 Å². The van der Waals surface area contributed by atoms with Crippen molar-refractivity contribution in [2.45, 2.75) is 39.8 Å². The Morgan fingerprint density at radius 3 is 2.61 bits per heavy atom. The van der Waals surface area contributed by atoms with Crippen molar-refractivity contribution in [1.82, 2.24) is 14.8 Å². The maximum atomic E-state index is 6.04. The lowest BCUT2D eigenvalue weighted by Gasteiger charge is -2.15. The number of nitrogens with zero attached hydrogens (tertiary/aromatic N) is 3. The Kier molecular flexibility index (Phi) is 6.36. The summed E-state index contributed by atoms with van der Waals surface area (Å²) in [6, 6.07) is 9.96. The Morgan fingerprint density at radius 2 is 1.89 bits per heavy atom. The summed E-state index contributed by atoms with van der Waals surface area (Å²) >= 11 is 0. The number of pyridine rings is 1. The molecule has 28 heavy (non-hydrogen) atoms. The first-order chi connectivity index (χ1) is 13.5. The normalized spacial score (nSPS) is 11.4.